The highest BCUT2D eigenvalue weighted by Gasteiger charge is 2.35. The molecule has 1 fully saturated rings. The fourth-order valence-corrected chi connectivity index (χ4v) is 2.46. The average Bonchev–Trinajstić information content (AvgIpc) is 2.27. The summed E-state index contributed by atoms with van der Waals surface area (Å²) in [6.07, 6.45) is 5.64. The van der Waals surface area contributed by atoms with Crippen molar-refractivity contribution >= 4 is 8.60 Å². The van der Waals surface area contributed by atoms with Crippen LogP contribution in [0, 0.1) is 5.41 Å². The van der Waals surface area contributed by atoms with Gasteiger partial charge in [0.1, 0.15) is 0 Å². The lowest BCUT2D eigenvalue weighted by Gasteiger charge is -2.36. The molecule has 0 bridgehead atoms. The summed E-state index contributed by atoms with van der Waals surface area (Å²) in [7, 11) is -1.13. The molecule has 0 aromatic rings. The van der Waals surface area contributed by atoms with Crippen LogP contribution in [0.25, 0.3) is 0 Å². The molecule has 0 saturated carbocycles. The molecular weight excluding hydrogens is 199 g/mol. The van der Waals surface area contributed by atoms with E-state index < -0.39 is 8.60 Å². The van der Waals surface area contributed by atoms with E-state index in [1.165, 1.54) is 0 Å². The van der Waals surface area contributed by atoms with Crippen molar-refractivity contribution in [3.63, 3.8) is 0 Å². The van der Waals surface area contributed by atoms with Gasteiger partial charge in [-0.3, -0.25) is 0 Å². The van der Waals surface area contributed by atoms with Gasteiger partial charge in [0, 0.05) is 5.41 Å². The van der Waals surface area contributed by atoms with E-state index in [2.05, 4.69) is 13.8 Å². The molecule has 4 heteroatoms. The molecule has 0 unspecified atom stereocenters. The summed E-state index contributed by atoms with van der Waals surface area (Å²) in [4.78, 5) is 0. The maximum Gasteiger partial charge on any atom is 0.396 e. The Balaban J connectivity index is 2.36. The Morgan fingerprint density at radius 3 is 2.29 bits per heavy atom. The Kier molecular flexibility index (Phi) is 4.86. The molecule has 82 valence electrons. The Bertz CT molecular complexity index is 180. The Hall–Kier alpha value is -0.110. The van der Waals surface area contributed by atoms with E-state index in [1.54, 1.807) is 6.26 Å². The van der Waals surface area contributed by atoms with Crippen molar-refractivity contribution in [3.8, 4) is 0 Å². The molecule has 1 aliphatic heterocycles. The van der Waals surface area contributed by atoms with Gasteiger partial charge >= 0.3 is 8.60 Å². The second-order valence-corrected chi connectivity index (χ2v) is 4.73. The highest BCUT2D eigenvalue weighted by Crippen LogP contribution is 2.49. The molecular formula is C10H19O3P. The van der Waals surface area contributed by atoms with E-state index in [0.29, 0.717) is 0 Å². The summed E-state index contributed by atoms with van der Waals surface area (Å²) < 4.78 is 16.3. The molecule has 1 aliphatic rings. The van der Waals surface area contributed by atoms with E-state index >= 15 is 0 Å². The van der Waals surface area contributed by atoms with Crippen molar-refractivity contribution in [2.75, 3.05) is 13.2 Å². The third-order valence-electron chi connectivity index (χ3n) is 2.74. The first-order valence-corrected chi connectivity index (χ1v) is 6.20. The SMILES string of the molecule is CC=COP1OCC(CC)(CC)CO1. The first-order chi connectivity index (χ1) is 6.76. The van der Waals surface area contributed by atoms with Gasteiger partial charge in [-0.1, -0.05) is 19.9 Å². The predicted octanol–water partition coefficient (Wildman–Crippen LogP) is 3.62. The summed E-state index contributed by atoms with van der Waals surface area (Å²) in [6.45, 7) is 7.77. The second kappa shape index (κ2) is 5.69. The fraction of sp³-hybridized carbons (Fsp3) is 0.800. The number of hydrogen-bond donors (Lipinski definition) is 0. The van der Waals surface area contributed by atoms with Crippen LogP contribution in [0.2, 0.25) is 0 Å². The van der Waals surface area contributed by atoms with Crippen LogP contribution in [0.15, 0.2) is 12.3 Å². The van der Waals surface area contributed by atoms with Crippen LogP contribution in [0.5, 0.6) is 0 Å². The molecule has 0 atom stereocenters. The molecule has 1 rings (SSSR count). The molecule has 0 amide bonds. The standard InChI is InChI=1S/C10H19O3P/c1-4-7-11-14-12-8-10(5-2,6-3)9-13-14/h4,7H,5-6,8-9H2,1-3H3. The van der Waals surface area contributed by atoms with Crippen molar-refractivity contribution < 1.29 is 13.6 Å². The molecule has 0 spiro atoms. The summed E-state index contributed by atoms with van der Waals surface area (Å²) in [5, 5.41) is 0. The van der Waals surface area contributed by atoms with Crippen LogP contribution < -0.4 is 0 Å². The number of hydrogen-bond acceptors (Lipinski definition) is 3. The van der Waals surface area contributed by atoms with Crippen LogP contribution in [-0.4, -0.2) is 13.2 Å². The molecule has 0 aromatic heterocycles. The highest BCUT2D eigenvalue weighted by atomic mass is 31.2. The largest absolute Gasteiger partial charge is 0.435 e. The van der Waals surface area contributed by atoms with Crippen LogP contribution in [0.3, 0.4) is 0 Å². The quantitative estimate of drug-likeness (QED) is 0.532. The molecule has 0 aromatic carbocycles. The summed E-state index contributed by atoms with van der Waals surface area (Å²) in [5.74, 6) is 0. The summed E-state index contributed by atoms with van der Waals surface area (Å²) >= 11 is 0. The smallest absolute Gasteiger partial charge is 0.396 e. The lowest BCUT2D eigenvalue weighted by Crippen LogP contribution is -2.33. The van der Waals surface area contributed by atoms with Gasteiger partial charge in [0.15, 0.2) is 0 Å². The molecule has 0 radical (unpaired) electrons. The molecule has 0 aliphatic carbocycles. The van der Waals surface area contributed by atoms with Crippen molar-refractivity contribution in [1.29, 1.82) is 0 Å². The molecule has 1 heterocycles. The lowest BCUT2D eigenvalue weighted by atomic mass is 9.84. The molecule has 1 saturated heterocycles. The van der Waals surface area contributed by atoms with Gasteiger partial charge in [-0.25, -0.2) is 0 Å². The lowest BCUT2D eigenvalue weighted by molar-refractivity contribution is 0.00888. The zero-order valence-electron chi connectivity index (χ0n) is 9.16. The molecule has 14 heavy (non-hydrogen) atoms. The number of allylic oxidation sites excluding steroid dienone is 1. The Labute approximate surface area is 87.4 Å². The third kappa shape index (κ3) is 2.94. The zero-order valence-corrected chi connectivity index (χ0v) is 10.0. The fourth-order valence-electron chi connectivity index (χ4n) is 1.29. The minimum atomic E-state index is -1.13. The minimum Gasteiger partial charge on any atom is -0.435 e. The second-order valence-electron chi connectivity index (χ2n) is 3.55. The average molecular weight is 218 g/mol. The van der Waals surface area contributed by atoms with Gasteiger partial charge in [0.05, 0.1) is 19.5 Å². The summed E-state index contributed by atoms with van der Waals surface area (Å²) in [5.41, 5.74) is 0.206. The first-order valence-electron chi connectivity index (χ1n) is 5.10. The Morgan fingerprint density at radius 2 is 1.86 bits per heavy atom. The van der Waals surface area contributed by atoms with Crippen molar-refractivity contribution in [2.24, 2.45) is 5.41 Å². The van der Waals surface area contributed by atoms with Gasteiger partial charge in [-0.2, -0.15) is 0 Å². The predicted molar refractivity (Wildman–Crippen MR) is 57.7 cm³/mol. The van der Waals surface area contributed by atoms with Gasteiger partial charge in [0.25, 0.3) is 0 Å². The van der Waals surface area contributed by atoms with E-state index in [4.69, 9.17) is 13.6 Å². The van der Waals surface area contributed by atoms with Crippen molar-refractivity contribution in [2.45, 2.75) is 33.6 Å². The van der Waals surface area contributed by atoms with Gasteiger partial charge < -0.3 is 13.6 Å². The van der Waals surface area contributed by atoms with E-state index in [0.717, 1.165) is 26.1 Å². The van der Waals surface area contributed by atoms with E-state index in [-0.39, 0.29) is 5.41 Å². The van der Waals surface area contributed by atoms with Gasteiger partial charge in [-0.15, -0.1) is 0 Å². The topological polar surface area (TPSA) is 27.7 Å². The normalized spacial score (nSPS) is 22.8. The van der Waals surface area contributed by atoms with Crippen LogP contribution in [0.4, 0.5) is 0 Å². The zero-order chi connectivity index (χ0) is 10.4. The summed E-state index contributed by atoms with van der Waals surface area (Å²) in [6, 6.07) is 0. The first kappa shape index (κ1) is 12.0. The van der Waals surface area contributed by atoms with Crippen LogP contribution >= 0.6 is 8.60 Å². The molecule has 3 nitrogen and oxygen atoms in total. The molecule has 0 N–H and O–H groups in total. The number of rotatable bonds is 4. The van der Waals surface area contributed by atoms with Gasteiger partial charge in [0.2, 0.25) is 0 Å². The van der Waals surface area contributed by atoms with Crippen LogP contribution in [-0.2, 0) is 13.6 Å². The third-order valence-corrected chi connectivity index (χ3v) is 3.71. The monoisotopic (exact) mass is 218 g/mol. The maximum absolute atomic E-state index is 5.55. The van der Waals surface area contributed by atoms with Crippen LogP contribution in [0.1, 0.15) is 33.6 Å². The van der Waals surface area contributed by atoms with E-state index in [1.807, 2.05) is 13.0 Å². The van der Waals surface area contributed by atoms with E-state index in [9.17, 15) is 0 Å². The van der Waals surface area contributed by atoms with Gasteiger partial charge in [-0.05, 0) is 19.8 Å². The van der Waals surface area contributed by atoms with Crippen molar-refractivity contribution in [3.05, 3.63) is 12.3 Å². The minimum absolute atomic E-state index is 0.206. The van der Waals surface area contributed by atoms with Crippen molar-refractivity contribution in [1.82, 2.24) is 0 Å². The maximum atomic E-state index is 5.55. The highest BCUT2D eigenvalue weighted by molar-refractivity contribution is 7.41. The Morgan fingerprint density at radius 1 is 1.29 bits per heavy atom.